The number of piperidine rings is 1. The average molecular weight is 264 g/mol. The van der Waals surface area contributed by atoms with Crippen molar-refractivity contribution in [1.82, 2.24) is 9.47 Å². The largest absolute Gasteiger partial charge is 0.397 e. The molecule has 2 amide bonds. The molecular formula is C13H20N4O2. The van der Waals surface area contributed by atoms with E-state index < -0.39 is 0 Å². The minimum absolute atomic E-state index is 0.0264. The molecular weight excluding hydrogens is 244 g/mol. The summed E-state index contributed by atoms with van der Waals surface area (Å²) in [6.07, 6.45) is 3.05. The van der Waals surface area contributed by atoms with E-state index in [-0.39, 0.29) is 17.7 Å². The Bertz CT molecular complexity index is 487. The maximum Gasteiger partial charge on any atom is 0.270 e. The van der Waals surface area contributed by atoms with Crippen LogP contribution in [-0.2, 0) is 11.3 Å². The van der Waals surface area contributed by atoms with Crippen molar-refractivity contribution >= 4 is 17.5 Å². The number of nitrogens with zero attached hydrogens (tertiary/aromatic N) is 2. The van der Waals surface area contributed by atoms with Crippen LogP contribution in [-0.4, -0.2) is 34.4 Å². The molecule has 104 valence electrons. The summed E-state index contributed by atoms with van der Waals surface area (Å²) in [6.45, 7) is 3.81. The number of primary amides is 1. The molecule has 6 heteroatoms. The van der Waals surface area contributed by atoms with Gasteiger partial charge in [-0.15, -0.1) is 0 Å². The van der Waals surface area contributed by atoms with Crippen molar-refractivity contribution in [1.29, 1.82) is 0 Å². The normalized spacial score (nSPS) is 16.6. The van der Waals surface area contributed by atoms with Gasteiger partial charge >= 0.3 is 0 Å². The van der Waals surface area contributed by atoms with Gasteiger partial charge in [-0.1, -0.05) is 0 Å². The molecule has 2 heterocycles. The van der Waals surface area contributed by atoms with E-state index in [1.165, 1.54) is 0 Å². The van der Waals surface area contributed by atoms with Gasteiger partial charge in [0, 0.05) is 31.7 Å². The molecule has 0 spiro atoms. The zero-order valence-electron chi connectivity index (χ0n) is 11.1. The zero-order chi connectivity index (χ0) is 14.0. The summed E-state index contributed by atoms with van der Waals surface area (Å²) in [5.74, 6) is -0.401. The summed E-state index contributed by atoms with van der Waals surface area (Å²) in [6, 6.07) is 1.70. The number of anilines is 1. The fourth-order valence-electron chi connectivity index (χ4n) is 2.50. The number of carbonyl (C=O) groups is 2. The molecule has 0 unspecified atom stereocenters. The smallest absolute Gasteiger partial charge is 0.270 e. The van der Waals surface area contributed by atoms with Crippen molar-refractivity contribution in [3.05, 3.63) is 18.0 Å². The minimum atomic E-state index is -0.270. The van der Waals surface area contributed by atoms with Crippen LogP contribution in [0.5, 0.6) is 0 Å². The first-order chi connectivity index (χ1) is 9.02. The Morgan fingerprint density at radius 1 is 1.37 bits per heavy atom. The molecule has 0 aromatic carbocycles. The predicted molar refractivity (Wildman–Crippen MR) is 72.3 cm³/mol. The Kier molecular flexibility index (Phi) is 3.78. The Morgan fingerprint density at radius 3 is 2.53 bits per heavy atom. The van der Waals surface area contributed by atoms with Crippen LogP contribution >= 0.6 is 0 Å². The lowest BCUT2D eigenvalue weighted by molar-refractivity contribution is -0.123. The fourth-order valence-corrected chi connectivity index (χ4v) is 2.50. The van der Waals surface area contributed by atoms with Gasteiger partial charge in [0.2, 0.25) is 5.91 Å². The molecule has 6 nitrogen and oxygen atoms in total. The highest BCUT2D eigenvalue weighted by atomic mass is 16.2. The van der Waals surface area contributed by atoms with Crippen LogP contribution < -0.4 is 11.5 Å². The molecule has 1 aromatic heterocycles. The van der Waals surface area contributed by atoms with Crippen LogP contribution in [0.4, 0.5) is 5.69 Å². The summed E-state index contributed by atoms with van der Waals surface area (Å²) in [4.78, 5) is 25.3. The molecule has 2 rings (SSSR count). The average Bonchev–Trinajstić information content (AvgIpc) is 2.79. The third-order valence-electron chi connectivity index (χ3n) is 3.66. The first-order valence-electron chi connectivity index (χ1n) is 6.57. The Morgan fingerprint density at radius 2 is 2.00 bits per heavy atom. The Balaban J connectivity index is 2.07. The number of aromatic nitrogens is 1. The number of rotatable bonds is 3. The molecule has 1 saturated heterocycles. The van der Waals surface area contributed by atoms with E-state index in [1.54, 1.807) is 17.2 Å². The molecule has 1 aromatic rings. The van der Waals surface area contributed by atoms with E-state index in [0.29, 0.717) is 43.9 Å². The van der Waals surface area contributed by atoms with Gasteiger partial charge in [-0.25, -0.2) is 0 Å². The Labute approximate surface area is 112 Å². The summed E-state index contributed by atoms with van der Waals surface area (Å²) in [7, 11) is 0. The molecule has 0 atom stereocenters. The molecule has 0 radical (unpaired) electrons. The van der Waals surface area contributed by atoms with Crippen LogP contribution in [0.25, 0.3) is 0 Å². The van der Waals surface area contributed by atoms with Crippen LogP contribution in [0, 0.1) is 5.92 Å². The third-order valence-corrected chi connectivity index (χ3v) is 3.66. The van der Waals surface area contributed by atoms with Crippen molar-refractivity contribution in [2.24, 2.45) is 11.7 Å². The number of amides is 2. The number of nitrogen functional groups attached to an aromatic ring is 1. The standard InChI is InChI=1S/C13H20N4O2/c1-2-16-8-10(14)7-11(16)13(19)17-5-3-9(4-6-17)12(15)18/h7-9H,2-6,14H2,1H3,(H2,15,18). The number of nitrogens with two attached hydrogens (primary N) is 2. The number of likely N-dealkylation sites (tertiary alicyclic amines) is 1. The second-order valence-electron chi connectivity index (χ2n) is 4.91. The molecule has 0 aliphatic carbocycles. The van der Waals surface area contributed by atoms with Gasteiger partial charge < -0.3 is 20.9 Å². The predicted octanol–water partition coefficient (Wildman–Crippen LogP) is 0.428. The van der Waals surface area contributed by atoms with E-state index in [9.17, 15) is 9.59 Å². The summed E-state index contributed by atoms with van der Waals surface area (Å²) in [5.41, 5.74) is 12.2. The van der Waals surface area contributed by atoms with Gasteiger partial charge in [-0.05, 0) is 25.8 Å². The van der Waals surface area contributed by atoms with Crippen molar-refractivity contribution in [3.63, 3.8) is 0 Å². The van der Waals surface area contributed by atoms with Gasteiger partial charge in [0.15, 0.2) is 0 Å². The molecule has 0 bridgehead atoms. The summed E-state index contributed by atoms with van der Waals surface area (Å²) >= 11 is 0. The number of hydrogen-bond acceptors (Lipinski definition) is 3. The molecule has 0 saturated carbocycles. The quantitative estimate of drug-likeness (QED) is 0.828. The molecule has 1 aliphatic rings. The van der Waals surface area contributed by atoms with Crippen LogP contribution in [0.15, 0.2) is 12.3 Å². The van der Waals surface area contributed by atoms with E-state index in [1.807, 2.05) is 11.5 Å². The van der Waals surface area contributed by atoms with Gasteiger partial charge in [0.25, 0.3) is 5.91 Å². The van der Waals surface area contributed by atoms with E-state index >= 15 is 0 Å². The maximum atomic E-state index is 12.4. The molecule has 4 N–H and O–H groups in total. The fraction of sp³-hybridized carbons (Fsp3) is 0.538. The SMILES string of the molecule is CCn1cc(N)cc1C(=O)N1CCC(C(N)=O)CC1. The molecule has 1 fully saturated rings. The number of aryl methyl sites for hydroxylation is 1. The lowest BCUT2D eigenvalue weighted by atomic mass is 9.96. The van der Waals surface area contributed by atoms with E-state index in [0.717, 1.165) is 0 Å². The first-order valence-corrected chi connectivity index (χ1v) is 6.57. The zero-order valence-corrected chi connectivity index (χ0v) is 11.1. The number of hydrogen-bond donors (Lipinski definition) is 2. The van der Waals surface area contributed by atoms with E-state index in [2.05, 4.69) is 0 Å². The second-order valence-corrected chi connectivity index (χ2v) is 4.91. The Hall–Kier alpha value is -1.98. The highest BCUT2D eigenvalue weighted by Crippen LogP contribution is 2.20. The van der Waals surface area contributed by atoms with Gasteiger partial charge in [0.05, 0.1) is 5.69 Å². The van der Waals surface area contributed by atoms with Crippen molar-refractivity contribution in [2.45, 2.75) is 26.3 Å². The maximum absolute atomic E-state index is 12.4. The molecule has 1 aliphatic heterocycles. The minimum Gasteiger partial charge on any atom is -0.397 e. The van der Waals surface area contributed by atoms with Gasteiger partial charge in [-0.2, -0.15) is 0 Å². The number of carbonyl (C=O) groups excluding carboxylic acids is 2. The second kappa shape index (κ2) is 5.34. The monoisotopic (exact) mass is 264 g/mol. The van der Waals surface area contributed by atoms with Crippen molar-refractivity contribution in [3.8, 4) is 0 Å². The summed E-state index contributed by atoms with van der Waals surface area (Å²) < 4.78 is 1.85. The highest BCUT2D eigenvalue weighted by Gasteiger charge is 2.27. The first kappa shape index (κ1) is 13.5. The van der Waals surface area contributed by atoms with Crippen molar-refractivity contribution < 1.29 is 9.59 Å². The highest BCUT2D eigenvalue weighted by molar-refractivity contribution is 5.94. The lowest BCUT2D eigenvalue weighted by Crippen LogP contribution is -2.42. The van der Waals surface area contributed by atoms with Crippen molar-refractivity contribution in [2.75, 3.05) is 18.8 Å². The molecule has 19 heavy (non-hydrogen) atoms. The topological polar surface area (TPSA) is 94.3 Å². The third kappa shape index (κ3) is 2.72. The van der Waals surface area contributed by atoms with E-state index in [4.69, 9.17) is 11.5 Å². The van der Waals surface area contributed by atoms with Crippen LogP contribution in [0.1, 0.15) is 30.3 Å². The lowest BCUT2D eigenvalue weighted by Gasteiger charge is -2.30. The summed E-state index contributed by atoms with van der Waals surface area (Å²) in [5, 5.41) is 0. The van der Waals surface area contributed by atoms with Crippen LogP contribution in [0.3, 0.4) is 0 Å². The van der Waals surface area contributed by atoms with Gasteiger partial charge in [0.1, 0.15) is 5.69 Å². The van der Waals surface area contributed by atoms with Crippen LogP contribution in [0.2, 0.25) is 0 Å². The van der Waals surface area contributed by atoms with Gasteiger partial charge in [-0.3, -0.25) is 9.59 Å².